The van der Waals surface area contributed by atoms with Crippen LogP contribution in [-0.2, 0) is 17.6 Å². The van der Waals surface area contributed by atoms with Crippen LogP contribution in [0.2, 0.25) is 0 Å². The van der Waals surface area contributed by atoms with Crippen molar-refractivity contribution < 1.29 is 22.7 Å². The van der Waals surface area contributed by atoms with Gasteiger partial charge < -0.3 is 10.1 Å². The molecule has 1 heterocycles. The van der Waals surface area contributed by atoms with Gasteiger partial charge in [0.2, 0.25) is 0 Å². The molecule has 1 aromatic carbocycles. The number of nitrogens with zero attached hydrogens (tertiary/aromatic N) is 2. The topological polar surface area (TPSA) is 56.1 Å². The number of carbonyl (C=O) groups excluding carboxylic acids is 1. The first-order valence-corrected chi connectivity index (χ1v) is 8.73. The summed E-state index contributed by atoms with van der Waals surface area (Å²) in [5.41, 5.74) is 0.966. The highest BCUT2D eigenvalue weighted by atomic mass is 19.4. The van der Waals surface area contributed by atoms with Crippen molar-refractivity contribution in [1.82, 2.24) is 15.1 Å². The predicted molar refractivity (Wildman–Crippen MR) is 94.1 cm³/mol. The molecule has 0 unspecified atom stereocenters. The van der Waals surface area contributed by atoms with Crippen molar-refractivity contribution in [3.05, 3.63) is 46.8 Å². The molecule has 0 fully saturated rings. The van der Waals surface area contributed by atoms with Crippen LogP contribution >= 0.6 is 0 Å². The number of carbonyl (C=O) groups is 1. The maximum atomic E-state index is 13.4. The molecule has 0 radical (unpaired) electrons. The van der Waals surface area contributed by atoms with Gasteiger partial charge in [0.25, 0.3) is 5.91 Å². The molecule has 146 valence electrons. The summed E-state index contributed by atoms with van der Waals surface area (Å²) in [5, 5.41) is 6.48. The number of hydrogen-bond donors (Lipinski definition) is 1. The third-order valence-corrected chi connectivity index (χ3v) is 4.94. The van der Waals surface area contributed by atoms with Gasteiger partial charge >= 0.3 is 6.18 Å². The molecule has 1 N–H and O–H groups in total. The zero-order valence-electron chi connectivity index (χ0n) is 15.5. The first-order chi connectivity index (χ1) is 12.7. The maximum absolute atomic E-state index is 13.4. The van der Waals surface area contributed by atoms with E-state index in [2.05, 4.69) is 10.4 Å². The number of aromatic nitrogens is 2. The van der Waals surface area contributed by atoms with Crippen LogP contribution in [0.4, 0.5) is 13.2 Å². The third-order valence-electron chi connectivity index (χ3n) is 4.94. The van der Waals surface area contributed by atoms with E-state index in [1.54, 1.807) is 4.68 Å². The molecular formula is C19H22F3N3O2. The van der Waals surface area contributed by atoms with E-state index in [-0.39, 0.29) is 5.69 Å². The highest BCUT2D eigenvalue weighted by molar-refractivity contribution is 5.95. The van der Waals surface area contributed by atoms with Gasteiger partial charge in [-0.3, -0.25) is 4.79 Å². The van der Waals surface area contributed by atoms with E-state index in [1.807, 2.05) is 31.2 Å². The lowest BCUT2D eigenvalue weighted by molar-refractivity contribution is -0.200. The molecule has 0 saturated heterocycles. The van der Waals surface area contributed by atoms with Gasteiger partial charge in [0.15, 0.2) is 11.2 Å². The molecule has 1 amide bonds. The number of hydrogen-bond acceptors (Lipinski definition) is 3. The second kappa shape index (κ2) is 6.99. The summed E-state index contributed by atoms with van der Waals surface area (Å²) in [7, 11) is 1.17. The molecule has 0 bridgehead atoms. The second-order valence-corrected chi connectivity index (χ2v) is 7.04. The Morgan fingerprint density at radius 1 is 1.30 bits per heavy atom. The van der Waals surface area contributed by atoms with E-state index < -0.39 is 24.2 Å². The molecule has 1 aliphatic rings. The van der Waals surface area contributed by atoms with Gasteiger partial charge in [0.05, 0.1) is 12.3 Å². The Morgan fingerprint density at radius 2 is 2.00 bits per heavy atom. The molecule has 8 heteroatoms. The molecule has 3 rings (SSSR count). The van der Waals surface area contributed by atoms with Crippen LogP contribution in [0, 0.1) is 6.92 Å². The van der Waals surface area contributed by atoms with Crippen LogP contribution in [0.3, 0.4) is 0 Å². The molecule has 5 nitrogen and oxygen atoms in total. The van der Waals surface area contributed by atoms with Crippen molar-refractivity contribution in [3.63, 3.8) is 0 Å². The number of nitrogens with one attached hydrogen (secondary N) is 1. The SMILES string of the molecule is COC[C@](C)(NC(=O)c1nn(-c2ccccc2C)c2c1CCC2)C(F)(F)F. The minimum atomic E-state index is -4.65. The highest BCUT2D eigenvalue weighted by Gasteiger charge is 2.52. The average molecular weight is 381 g/mol. The summed E-state index contributed by atoms with van der Waals surface area (Å²) in [4.78, 5) is 12.7. The van der Waals surface area contributed by atoms with Crippen molar-refractivity contribution in [3.8, 4) is 5.69 Å². The van der Waals surface area contributed by atoms with Crippen LogP contribution < -0.4 is 5.32 Å². The summed E-state index contributed by atoms with van der Waals surface area (Å²) in [6.07, 6.45) is -2.45. The number of methoxy groups -OCH3 is 1. The Kier molecular flexibility index (Phi) is 5.03. The highest BCUT2D eigenvalue weighted by Crippen LogP contribution is 2.32. The Hall–Kier alpha value is -2.35. The predicted octanol–water partition coefficient (Wildman–Crippen LogP) is 3.37. The largest absolute Gasteiger partial charge is 0.413 e. The normalized spacial score (nSPS) is 16.1. The molecule has 1 aliphatic carbocycles. The van der Waals surface area contributed by atoms with Crippen LogP contribution in [0.1, 0.15) is 40.7 Å². The first-order valence-electron chi connectivity index (χ1n) is 8.73. The van der Waals surface area contributed by atoms with Crippen LogP contribution in [0.15, 0.2) is 24.3 Å². The van der Waals surface area contributed by atoms with Gasteiger partial charge in [-0.25, -0.2) is 4.68 Å². The number of halogens is 3. The number of aryl methyl sites for hydroxylation is 1. The van der Waals surface area contributed by atoms with Gasteiger partial charge in [0.1, 0.15) is 0 Å². The fraction of sp³-hybridized carbons (Fsp3) is 0.474. The smallest absolute Gasteiger partial charge is 0.382 e. The fourth-order valence-electron chi connectivity index (χ4n) is 3.41. The third kappa shape index (κ3) is 3.45. The van der Waals surface area contributed by atoms with E-state index in [0.29, 0.717) is 6.42 Å². The van der Waals surface area contributed by atoms with E-state index in [0.717, 1.165) is 42.3 Å². The molecule has 0 spiro atoms. The zero-order valence-corrected chi connectivity index (χ0v) is 15.5. The minimum Gasteiger partial charge on any atom is -0.382 e. The summed E-state index contributed by atoms with van der Waals surface area (Å²) in [5.74, 6) is -0.836. The zero-order chi connectivity index (χ0) is 19.8. The summed E-state index contributed by atoms with van der Waals surface area (Å²) >= 11 is 0. The summed E-state index contributed by atoms with van der Waals surface area (Å²) in [6, 6.07) is 7.57. The minimum absolute atomic E-state index is 0.0531. The molecule has 1 atom stereocenters. The quantitative estimate of drug-likeness (QED) is 0.864. The molecule has 0 saturated carbocycles. The number of fused-ring (bicyclic) bond motifs is 1. The van der Waals surface area contributed by atoms with E-state index in [9.17, 15) is 18.0 Å². The second-order valence-electron chi connectivity index (χ2n) is 7.04. The van der Waals surface area contributed by atoms with Crippen molar-refractivity contribution in [2.45, 2.75) is 44.8 Å². The monoisotopic (exact) mass is 381 g/mol. The Morgan fingerprint density at radius 3 is 2.63 bits per heavy atom. The molecule has 27 heavy (non-hydrogen) atoms. The lowest BCUT2D eigenvalue weighted by Gasteiger charge is -2.32. The summed E-state index contributed by atoms with van der Waals surface area (Å²) in [6.45, 7) is 2.16. The number of ether oxygens (including phenoxy) is 1. The van der Waals surface area contributed by atoms with E-state index in [4.69, 9.17) is 4.74 Å². The first kappa shape index (κ1) is 19.4. The van der Waals surface area contributed by atoms with Crippen LogP contribution in [0.25, 0.3) is 5.69 Å². The van der Waals surface area contributed by atoms with Crippen molar-refractivity contribution in [2.75, 3.05) is 13.7 Å². The fourth-order valence-corrected chi connectivity index (χ4v) is 3.41. The number of rotatable bonds is 5. The Labute approximate surface area is 155 Å². The standard InChI is InChI=1S/C19H22F3N3O2/c1-12-7-4-5-9-14(12)25-15-10-6-8-13(15)16(24-25)17(26)23-18(2,11-27-3)19(20,21)22/h4-5,7,9H,6,8,10-11H2,1-3H3,(H,23,26)/t18-/m0/s1. The molecule has 0 aliphatic heterocycles. The Bertz CT molecular complexity index is 860. The molecular weight excluding hydrogens is 359 g/mol. The van der Waals surface area contributed by atoms with Gasteiger partial charge in [-0.05, 0) is 44.7 Å². The van der Waals surface area contributed by atoms with Gasteiger partial charge in [-0.1, -0.05) is 18.2 Å². The lowest BCUT2D eigenvalue weighted by Crippen LogP contribution is -2.59. The maximum Gasteiger partial charge on any atom is 0.413 e. The van der Waals surface area contributed by atoms with Gasteiger partial charge in [-0.2, -0.15) is 18.3 Å². The molecule has 1 aromatic heterocycles. The van der Waals surface area contributed by atoms with Crippen molar-refractivity contribution in [1.29, 1.82) is 0 Å². The van der Waals surface area contributed by atoms with Crippen molar-refractivity contribution >= 4 is 5.91 Å². The van der Waals surface area contributed by atoms with E-state index >= 15 is 0 Å². The Balaban J connectivity index is 2.00. The number of para-hydroxylation sites is 1. The number of benzene rings is 1. The lowest BCUT2D eigenvalue weighted by atomic mass is 10.0. The van der Waals surface area contributed by atoms with E-state index in [1.165, 1.54) is 7.11 Å². The number of alkyl halides is 3. The van der Waals surface area contributed by atoms with Crippen molar-refractivity contribution in [2.24, 2.45) is 0 Å². The summed E-state index contributed by atoms with van der Waals surface area (Å²) < 4.78 is 46.7. The van der Waals surface area contributed by atoms with Gasteiger partial charge in [-0.15, -0.1) is 0 Å². The average Bonchev–Trinajstić information content (AvgIpc) is 3.17. The molecule has 2 aromatic rings. The van der Waals surface area contributed by atoms with Crippen LogP contribution in [0.5, 0.6) is 0 Å². The van der Waals surface area contributed by atoms with Crippen LogP contribution in [-0.4, -0.2) is 41.1 Å². The van der Waals surface area contributed by atoms with Gasteiger partial charge in [0, 0.05) is 18.4 Å². The number of amides is 1.